The van der Waals surface area contributed by atoms with Crippen LogP contribution in [0.25, 0.3) is 0 Å². The first kappa shape index (κ1) is 34.2. The first-order valence-corrected chi connectivity index (χ1v) is 15.3. The minimum absolute atomic E-state index is 0.0308. The van der Waals surface area contributed by atoms with Crippen LogP contribution < -0.4 is 5.32 Å². The average molecular weight is 561 g/mol. The molecule has 4 nitrogen and oxygen atoms in total. The predicted molar refractivity (Wildman–Crippen MR) is 159 cm³/mol. The Morgan fingerprint density at radius 2 is 1.77 bits per heavy atom. The maximum absolute atomic E-state index is 14.2. The third kappa shape index (κ3) is 7.05. The number of nitriles is 1. The quantitative estimate of drug-likeness (QED) is 0.316. The van der Waals surface area contributed by atoms with Gasteiger partial charge < -0.3 is 5.32 Å². The minimum atomic E-state index is -3.48. The lowest BCUT2D eigenvalue weighted by Crippen LogP contribution is -2.60. The Bertz CT molecular complexity index is 1060. The van der Waals surface area contributed by atoms with E-state index in [0.717, 1.165) is 24.8 Å². The zero-order chi connectivity index (χ0) is 30.9. The van der Waals surface area contributed by atoms with E-state index in [0.29, 0.717) is 31.8 Å². The molecule has 0 aromatic heterocycles. The molecule has 1 amide bonds. The van der Waals surface area contributed by atoms with Gasteiger partial charge in [-0.2, -0.15) is 14.0 Å². The molecule has 1 N–H and O–H groups in total. The van der Waals surface area contributed by atoms with E-state index < -0.39 is 22.8 Å². The molecule has 6 heteroatoms. The molecule has 0 aromatic carbocycles. The molecular formula is C34H54F2N2O2. The number of nitrogens with one attached hydrogen (secondary N) is 1. The van der Waals surface area contributed by atoms with Crippen LogP contribution in [0.15, 0.2) is 23.3 Å². The first-order chi connectivity index (χ1) is 18.2. The van der Waals surface area contributed by atoms with Gasteiger partial charge in [0, 0.05) is 29.9 Å². The normalized spacial score (nSPS) is 31.6. The highest BCUT2D eigenvalue weighted by Gasteiger charge is 2.52. The number of amides is 1. The zero-order valence-electron chi connectivity index (χ0n) is 26.9. The number of carbonyl (C=O) groups is 2. The number of rotatable bonds is 7. The summed E-state index contributed by atoms with van der Waals surface area (Å²) in [4.78, 5) is 26.7. The number of nitrogens with zero attached hydrogens (tertiary/aromatic N) is 1. The van der Waals surface area contributed by atoms with Gasteiger partial charge in [0.05, 0.1) is 6.07 Å². The number of allylic oxidation sites excluding steroid dienone is 4. The lowest BCUT2D eigenvalue weighted by Gasteiger charge is -2.53. The fourth-order valence-corrected chi connectivity index (χ4v) is 7.09. The molecule has 40 heavy (non-hydrogen) atoms. The summed E-state index contributed by atoms with van der Waals surface area (Å²) in [5, 5.41) is 12.8. The van der Waals surface area contributed by atoms with Gasteiger partial charge in [0.25, 0.3) is 5.91 Å². The molecule has 1 fully saturated rings. The molecule has 226 valence electrons. The molecule has 0 heterocycles. The minimum Gasteiger partial charge on any atom is -0.345 e. The Balaban J connectivity index is 2.79. The van der Waals surface area contributed by atoms with Crippen molar-refractivity contribution in [1.29, 1.82) is 5.26 Å². The summed E-state index contributed by atoms with van der Waals surface area (Å²) in [5.41, 5.74) is -0.0295. The summed E-state index contributed by atoms with van der Waals surface area (Å²) in [5.74, 6) is -4.70. The second-order valence-electron chi connectivity index (χ2n) is 14.8. The van der Waals surface area contributed by atoms with Gasteiger partial charge >= 0.3 is 5.92 Å². The summed E-state index contributed by atoms with van der Waals surface area (Å²) in [6, 6.07) is 2.40. The van der Waals surface area contributed by atoms with Crippen molar-refractivity contribution in [1.82, 2.24) is 5.32 Å². The van der Waals surface area contributed by atoms with Crippen molar-refractivity contribution in [3.05, 3.63) is 23.3 Å². The second kappa shape index (κ2) is 12.1. The van der Waals surface area contributed by atoms with Crippen molar-refractivity contribution < 1.29 is 18.4 Å². The van der Waals surface area contributed by atoms with Gasteiger partial charge in [-0.15, -0.1) is 0 Å². The Morgan fingerprint density at radius 3 is 2.25 bits per heavy atom. The van der Waals surface area contributed by atoms with Crippen LogP contribution in [0.2, 0.25) is 0 Å². The Labute approximate surface area is 242 Å². The highest BCUT2D eigenvalue weighted by molar-refractivity contribution is 5.91. The third-order valence-electron chi connectivity index (χ3n) is 10.8. The van der Waals surface area contributed by atoms with Crippen LogP contribution in [0.4, 0.5) is 8.78 Å². The molecule has 0 aromatic rings. The van der Waals surface area contributed by atoms with E-state index in [1.54, 1.807) is 0 Å². The molecule has 1 saturated carbocycles. The maximum atomic E-state index is 14.2. The van der Waals surface area contributed by atoms with Gasteiger partial charge in [0.1, 0.15) is 0 Å². The van der Waals surface area contributed by atoms with Gasteiger partial charge in [0.2, 0.25) is 0 Å². The van der Waals surface area contributed by atoms with E-state index in [4.69, 9.17) is 0 Å². The molecule has 0 spiro atoms. The van der Waals surface area contributed by atoms with Crippen molar-refractivity contribution in [2.45, 2.75) is 133 Å². The van der Waals surface area contributed by atoms with Crippen LogP contribution in [0, 0.1) is 51.2 Å². The Hall–Kier alpha value is -2.03. The number of halogens is 2. The Morgan fingerprint density at radius 1 is 1.18 bits per heavy atom. The van der Waals surface area contributed by atoms with Crippen molar-refractivity contribution >= 4 is 11.7 Å². The fraction of sp³-hybridized carbons (Fsp3) is 0.794. The van der Waals surface area contributed by atoms with E-state index >= 15 is 0 Å². The lowest BCUT2D eigenvalue weighted by molar-refractivity contribution is -0.148. The topological polar surface area (TPSA) is 70.0 Å². The van der Waals surface area contributed by atoms with Crippen LogP contribution in [-0.4, -0.2) is 23.2 Å². The standard InChI is InChI=1S/C34H54F2N2O2/c1-12-31(9)24(6)13-14-34(38-29(40)33(11,35)36)16-15-30(7,8)20-26(34)17-27(39)18-28(31)32(10,23(4)5)19-25(21-37)22(2)3/h18-19,22-24,26H,12-17,20H2,1-11H3,(H,38,40). The summed E-state index contributed by atoms with van der Waals surface area (Å²) in [6.45, 7) is 22.0. The summed E-state index contributed by atoms with van der Waals surface area (Å²) in [6.07, 6.45) is 8.26. The van der Waals surface area contributed by atoms with Crippen LogP contribution in [0.3, 0.4) is 0 Å². The van der Waals surface area contributed by atoms with Gasteiger partial charge in [-0.05, 0) is 79.1 Å². The van der Waals surface area contributed by atoms with Crippen molar-refractivity contribution in [3.63, 3.8) is 0 Å². The monoisotopic (exact) mass is 560 g/mol. The number of hydrogen-bond acceptors (Lipinski definition) is 3. The van der Waals surface area contributed by atoms with Crippen molar-refractivity contribution in [2.24, 2.45) is 39.9 Å². The maximum Gasteiger partial charge on any atom is 0.321 e. The zero-order valence-corrected chi connectivity index (χ0v) is 26.9. The number of fused-ring (bicyclic) bond motifs is 1. The van der Waals surface area contributed by atoms with Crippen molar-refractivity contribution in [3.8, 4) is 6.07 Å². The van der Waals surface area contributed by atoms with E-state index in [1.165, 1.54) is 0 Å². The second-order valence-corrected chi connectivity index (χ2v) is 14.8. The van der Waals surface area contributed by atoms with Crippen molar-refractivity contribution in [2.75, 3.05) is 0 Å². The summed E-state index contributed by atoms with van der Waals surface area (Å²) >= 11 is 0. The molecule has 0 saturated heterocycles. The molecule has 5 unspecified atom stereocenters. The van der Waals surface area contributed by atoms with Gasteiger partial charge in [0.15, 0.2) is 5.78 Å². The molecule has 2 rings (SSSR count). The molecule has 5 atom stereocenters. The fourth-order valence-electron chi connectivity index (χ4n) is 7.09. The van der Waals surface area contributed by atoms with Crippen LogP contribution in [0.1, 0.15) is 121 Å². The SMILES string of the molecule is CCC1(C)C(C(C)(C=C(C#N)C(C)C)C(C)C)=CC(=O)CC2CC(C)(C)CCC2(NC(=O)C(C)(F)F)CCC1C. The van der Waals surface area contributed by atoms with E-state index in [-0.39, 0.29) is 46.7 Å². The smallest absolute Gasteiger partial charge is 0.321 e. The highest BCUT2D eigenvalue weighted by atomic mass is 19.3. The molecule has 0 bridgehead atoms. The molecule has 2 aliphatic rings. The van der Waals surface area contributed by atoms with Gasteiger partial charge in [-0.1, -0.05) is 80.9 Å². The Kier molecular flexibility index (Phi) is 10.3. The molecule has 0 radical (unpaired) electrons. The van der Waals surface area contributed by atoms with E-state index in [2.05, 4.69) is 72.9 Å². The molecular weight excluding hydrogens is 506 g/mol. The van der Waals surface area contributed by atoms with Crippen LogP contribution in [0.5, 0.6) is 0 Å². The van der Waals surface area contributed by atoms with Crippen LogP contribution >= 0.6 is 0 Å². The number of alkyl halides is 2. The van der Waals surface area contributed by atoms with Crippen LogP contribution in [-0.2, 0) is 9.59 Å². The third-order valence-corrected chi connectivity index (χ3v) is 10.8. The van der Waals surface area contributed by atoms with Gasteiger partial charge in [-0.25, -0.2) is 0 Å². The molecule has 2 aliphatic carbocycles. The molecule has 0 aliphatic heterocycles. The average Bonchev–Trinajstić information content (AvgIpc) is 2.84. The number of carbonyl (C=O) groups excluding carboxylic acids is 2. The van der Waals surface area contributed by atoms with E-state index in [9.17, 15) is 23.6 Å². The lowest BCUT2D eigenvalue weighted by atomic mass is 9.54. The predicted octanol–water partition coefficient (Wildman–Crippen LogP) is 8.82. The number of ketones is 1. The van der Waals surface area contributed by atoms with Gasteiger partial charge in [-0.3, -0.25) is 9.59 Å². The summed E-state index contributed by atoms with van der Waals surface area (Å²) < 4.78 is 28.3. The number of hydrogen-bond donors (Lipinski definition) is 1. The largest absolute Gasteiger partial charge is 0.345 e. The van der Waals surface area contributed by atoms with E-state index in [1.807, 2.05) is 19.9 Å². The highest BCUT2D eigenvalue weighted by Crippen LogP contribution is 2.55. The summed E-state index contributed by atoms with van der Waals surface area (Å²) in [7, 11) is 0. The first-order valence-electron chi connectivity index (χ1n) is 15.3.